The summed E-state index contributed by atoms with van der Waals surface area (Å²) in [5.41, 5.74) is 1.01. The number of methoxy groups -OCH3 is 1. The van der Waals surface area contributed by atoms with E-state index >= 15 is 0 Å². The van der Waals surface area contributed by atoms with E-state index in [2.05, 4.69) is 0 Å². The van der Waals surface area contributed by atoms with Gasteiger partial charge < -0.3 is 14.4 Å². The Morgan fingerprint density at radius 3 is 2.37 bits per heavy atom. The quantitative estimate of drug-likeness (QED) is 0.835. The van der Waals surface area contributed by atoms with E-state index in [0.29, 0.717) is 19.5 Å². The summed E-state index contributed by atoms with van der Waals surface area (Å²) < 4.78 is 10.7. The lowest BCUT2D eigenvalue weighted by Gasteiger charge is -2.35. The van der Waals surface area contributed by atoms with Gasteiger partial charge in [0, 0.05) is 13.1 Å². The smallest absolute Gasteiger partial charge is 0.227 e. The minimum absolute atomic E-state index is 0.114. The monoisotopic (exact) mass is 263 g/mol. The summed E-state index contributed by atoms with van der Waals surface area (Å²) in [6.07, 6.45) is 0.663. The van der Waals surface area contributed by atoms with Crippen LogP contribution in [-0.4, -0.2) is 43.2 Å². The van der Waals surface area contributed by atoms with Gasteiger partial charge in [-0.15, -0.1) is 0 Å². The molecule has 4 nitrogen and oxygen atoms in total. The van der Waals surface area contributed by atoms with Gasteiger partial charge in [0.1, 0.15) is 5.75 Å². The molecular formula is C15H21NO3. The van der Waals surface area contributed by atoms with E-state index < -0.39 is 0 Å². The molecule has 0 saturated carbocycles. The standard InChI is InChI=1S/C15H21NO3/c1-11-9-16(10-12(2)19-11)15(17)8-13-4-6-14(18-3)7-5-13/h4-7,11-12H,8-10H2,1-3H3/t11-,12-/m1/s1. The van der Waals surface area contributed by atoms with Gasteiger partial charge in [-0.2, -0.15) is 0 Å². The van der Waals surface area contributed by atoms with Crippen molar-refractivity contribution in [2.45, 2.75) is 32.5 Å². The number of benzene rings is 1. The fraction of sp³-hybridized carbons (Fsp3) is 0.533. The van der Waals surface area contributed by atoms with E-state index in [1.54, 1.807) is 7.11 Å². The van der Waals surface area contributed by atoms with Crippen molar-refractivity contribution in [2.75, 3.05) is 20.2 Å². The number of morpholine rings is 1. The second-order valence-corrected chi connectivity index (χ2v) is 5.08. The van der Waals surface area contributed by atoms with Gasteiger partial charge in [0.25, 0.3) is 0 Å². The molecule has 0 unspecified atom stereocenters. The Morgan fingerprint density at radius 2 is 1.84 bits per heavy atom. The number of amides is 1. The number of ether oxygens (including phenoxy) is 2. The molecule has 1 fully saturated rings. The first-order chi connectivity index (χ1) is 9.08. The predicted octanol–water partition coefficient (Wildman–Crippen LogP) is 1.87. The summed E-state index contributed by atoms with van der Waals surface area (Å²) in [5, 5.41) is 0. The number of carbonyl (C=O) groups is 1. The van der Waals surface area contributed by atoms with Gasteiger partial charge in [-0.1, -0.05) is 12.1 Å². The first-order valence-corrected chi connectivity index (χ1v) is 6.64. The van der Waals surface area contributed by atoms with E-state index in [0.717, 1.165) is 11.3 Å². The Labute approximate surface area is 114 Å². The van der Waals surface area contributed by atoms with Gasteiger partial charge in [0.15, 0.2) is 0 Å². The van der Waals surface area contributed by atoms with Crippen LogP contribution in [0, 0.1) is 0 Å². The van der Waals surface area contributed by atoms with E-state index in [1.165, 1.54) is 0 Å². The van der Waals surface area contributed by atoms with Gasteiger partial charge in [-0.25, -0.2) is 0 Å². The van der Waals surface area contributed by atoms with Gasteiger partial charge >= 0.3 is 0 Å². The number of nitrogens with zero attached hydrogens (tertiary/aromatic N) is 1. The predicted molar refractivity (Wildman–Crippen MR) is 73.3 cm³/mol. The van der Waals surface area contributed by atoms with Crippen molar-refractivity contribution in [3.8, 4) is 5.75 Å². The molecular weight excluding hydrogens is 242 g/mol. The third-order valence-corrected chi connectivity index (χ3v) is 3.29. The van der Waals surface area contributed by atoms with Gasteiger partial charge in [0.2, 0.25) is 5.91 Å². The van der Waals surface area contributed by atoms with E-state index in [1.807, 2.05) is 43.0 Å². The summed E-state index contributed by atoms with van der Waals surface area (Å²) in [6, 6.07) is 7.63. The molecule has 1 aromatic rings. The minimum Gasteiger partial charge on any atom is -0.497 e. The van der Waals surface area contributed by atoms with Crippen molar-refractivity contribution in [3.05, 3.63) is 29.8 Å². The molecule has 0 bridgehead atoms. The second kappa shape index (κ2) is 6.06. The van der Waals surface area contributed by atoms with Crippen LogP contribution in [-0.2, 0) is 16.0 Å². The zero-order valence-electron chi connectivity index (χ0n) is 11.8. The molecule has 1 aliphatic rings. The largest absolute Gasteiger partial charge is 0.497 e. The first-order valence-electron chi connectivity index (χ1n) is 6.64. The Morgan fingerprint density at radius 1 is 1.26 bits per heavy atom. The van der Waals surface area contributed by atoms with E-state index in [-0.39, 0.29) is 18.1 Å². The molecule has 0 spiro atoms. The molecule has 0 aromatic heterocycles. The van der Waals surface area contributed by atoms with E-state index in [4.69, 9.17) is 9.47 Å². The number of rotatable bonds is 3. The van der Waals surface area contributed by atoms with Crippen molar-refractivity contribution < 1.29 is 14.3 Å². The van der Waals surface area contributed by atoms with Crippen molar-refractivity contribution in [3.63, 3.8) is 0 Å². The Balaban J connectivity index is 1.96. The molecule has 1 aliphatic heterocycles. The van der Waals surface area contributed by atoms with Crippen LogP contribution in [0.4, 0.5) is 0 Å². The molecule has 1 heterocycles. The summed E-state index contributed by atoms with van der Waals surface area (Å²) in [5.74, 6) is 0.969. The fourth-order valence-electron chi connectivity index (χ4n) is 2.41. The third-order valence-electron chi connectivity index (χ3n) is 3.29. The molecule has 0 radical (unpaired) electrons. The number of hydrogen-bond donors (Lipinski definition) is 0. The molecule has 104 valence electrons. The van der Waals surface area contributed by atoms with Crippen molar-refractivity contribution >= 4 is 5.91 Å². The van der Waals surface area contributed by atoms with Crippen LogP contribution in [0.2, 0.25) is 0 Å². The van der Waals surface area contributed by atoms with E-state index in [9.17, 15) is 4.79 Å². The van der Waals surface area contributed by atoms with Crippen LogP contribution < -0.4 is 4.74 Å². The highest BCUT2D eigenvalue weighted by atomic mass is 16.5. The van der Waals surface area contributed by atoms with Gasteiger partial charge in [-0.05, 0) is 31.5 Å². The zero-order valence-corrected chi connectivity index (χ0v) is 11.8. The topological polar surface area (TPSA) is 38.8 Å². The number of hydrogen-bond acceptors (Lipinski definition) is 3. The van der Waals surface area contributed by atoms with Crippen molar-refractivity contribution in [2.24, 2.45) is 0 Å². The Bertz CT molecular complexity index is 420. The summed E-state index contributed by atoms with van der Waals surface area (Å²) in [6.45, 7) is 5.37. The van der Waals surface area contributed by atoms with Crippen LogP contribution in [0.1, 0.15) is 19.4 Å². The minimum atomic E-state index is 0.114. The molecule has 0 aliphatic carbocycles. The lowest BCUT2D eigenvalue weighted by molar-refractivity contribution is -0.142. The first kappa shape index (κ1) is 13.9. The lowest BCUT2D eigenvalue weighted by atomic mass is 10.1. The maximum Gasteiger partial charge on any atom is 0.227 e. The van der Waals surface area contributed by atoms with Crippen LogP contribution in [0.3, 0.4) is 0 Å². The highest BCUT2D eigenvalue weighted by Crippen LogP contribution is 2.15. The van der Waals surface area contributed by atoms with Crippen LogP contribution in [0.15, 0.2) is 24.3 Å². The maximum atomic E-state index is 12.3. The molecule has 4 heteroatoms. The molecule has 19 heavy (non-hydrogen) atoms. The van der Waals surface area contributed by atoms with Crippen molar-refractivity contribution in [1.82, 2.24) is 4.90 Å². The third kappa shape index (κ3) is 3.70. The highest BCUT2D eigenvalue weighted by molar-refractivity contribution is 5.79. The van der Waals surface area contributed by atoms with Crippen molar-refractivity contribution in [1.29, 1.82) is 0 Å². The van der Waals surface area contributed by atoms with Crippen LogP contribution in [0.5, 0.6) is 5.75 Å². The highest BCUT2D eigenvalue weighted by Gasteiger charge is 2.25. The molecule has 1 aromatic carbocycles. The van der Waals surface area contributed by atoms with Gasteiger partial charge in [0.05, 0.1) is 25.7 Å². The van der Waals surface area contributed by atoms with Crippen LogP contribution >= 0.6 is 0 Å². The molecule has 2 rings (SSSR count). The van der Waals surface area contributed by atoms with Crippen LogP contribution in [0.25, 0.3) is 0 Å². The lowest BCUT2D eigenvalue weighted by Crippen LogP contribution is -2.48. The Kier molecular flexibility index (Phi) is 4.43. The molecule has 2 atom stereocenters. The SMILES string of the molecule is COc1ccc(CC(=O)N2C[C@@H](C)O[C@H](C)C2)cc1. The normalized spacial score (nSPS) is 23.2. The Hall–Kier alpha value is -1.55. The molecule has 1 amide bonds. The average molecular weight is 263 g/mol. The summed E-state index contributed by atoms with van der Waals surface area (Å²) in [4.78, 5) is 14.1. The second-order valence-electron chi connectivity index (χ2n) is 5.08. The fourth-order valence-corrected chi connectivity index (χ4v) is 2.41. The average Bonchev–Trinajstić information content (AvgIpc) is 2.38. The molecule has 0 N–H and O–H groups in total. The maximum absolute atomic E-state index is 12.3. The molecule has 1 saturated heterocycles. The van der Waals surface area contributed by atoms with Gasteiger partial charge in [-0.3, -0.25) is 4.79 Å². The summed E-state index contributed by atoms with van der Waals surface area (Å²) in [7, 11) is 1.64. The zero-order chi connectivity index (χ0) is 13.8. The number of carbonyl (C=O) groups excluding carboxylic acids is 1. The summed E-state index contributed by atoms with van der Waals surface area (Å²) >= 11 is 0.